The third kappa shape index (κ3) is 7.83. The van der Waals surface area contributed by atoms with E-state index < -0.39 is 5.60 Å². The van der Waals surface area contributed by atoms with Gasteiger partial charge in [0.1, 0.15) is 0 Å². The van der Waals surface area contributed by atoms with Crippen LogP contribution >= 0.6 is 0 Å². The largest absolute Gasteiger partial charge is 0.389 e. The van der Waals surface area contributed by atoms with Crippen molar-refractivity contribution >= 4 is 0 Å². The van der Waals surface area contributed by atoms with E-state index in [-0.39, 0.29) is 0 Å². The summed E-state index contributed by atoms with van der Waals surface area (Å²) in [5.74, 6) is 3.15. The molecular weight excluding hydrogens is 162 g/mol. The molecule has 0 saturated heterocycles. The van der Waals surface area contributed by atoms with Crippen LogP contribution in [0.2, 0.25) is 0 Å². The SMILES string of the molecule is C#CCCC(C)(O)CNCC(C)C. The highest BCUT2D eigenvalue weighted by molar-refractivity contribution is 4.88. The highest BCUT2D eigenvalue weighted by Gasteiger charge is 2.18. The molecule has 1 unspecified atom stereocenters. The van der Waals surface area contributed by atoms with Crippen LogP contribution in [0.25, 0.3) is 0 Å². The van der Waals surface area contributed by atoms with Crippen molar-refractivity contribution in [3.05, 3.63) is 0 Å². The topological polar surface area (TPSA) is 32.3 Å². The van der Waals surface area contributed by atoms with Crippen molar-refractivity contribution in [2.24, 2.45) is 5.92 Å². The Bertz CT molecular complexity index is 167. The summed E-state index contributed by atoms with van der Waals surface area (Å²) in [6, 6.07) is 0. The second kappa shape index (κ2) is 6.01. The van der Waals surface area contributed by atoms with Crippen molar-refractivity contribution in [1.29, 1.82) is 0 Å². The maximum absolute atomic E-state index is 9.80. The lowest BCUT2D eigenvalue weighted by atomic mass is 10.0. The molecule has 0 saturated carbocycles. The van der Waals surface area contributed by atoms with Crippen molar-refractivity contribution in [2.45, 2.75) is 39.2 Å². The first-order chi connectivity index (χ1) is 5.98. The van der Waals surface area contributed by atoms with Gasteiger partial charge in [0.15, 0.2) is 0 Å². The first-order valence-electron chi connectivity index (χ1n) is 4.84. The molecule has 2 nitrogen and oxygen atoms in total. The Morgan fingerprint density at radius 2 is 2.15 bits per heavy atom. The summed E-state index contributed by atoms with van der Waals surface area (Å²) in [4.78, 5) is 0. The summed E-state index contributed by atoms with van der Waals surface area (Å²) in [5, 5.41) is 13.0. The molecule has 0 radical (unpaired) electrons. The number of terminal acetylenes is 1. The molecule has 0 aliphatic heterocycles. The molecule has 1 atom stereocenters. The Balaban J connectivity index is 3.57. The molecule has 0 fully saturated rings. The second-order valence-electron chi connectivity index (χ2n) is 4.23. The van der Waals surface area contributed by atoms with E-state index in [1.807, 2.05) is 6.92 Å². The zero-order chi connectivity index (χ0) is 10.3. The van der Waals surface area contributed by atoms with Crippen molar-refractivity contribution in [3.63, 3.8) is 0 Å². The van der Waals surface area contributed by atoms with Crippen LogP contribution in [0.15, 0.2) is 0 Å². The van der Waals surface area contributed by atoms with E-state index in [2.05, 4.69) is 25.1 Å². The van der Waals surface area contributed by atoms with Gasteiger partial charge in [-0.25, -0.2) is 0 Å². The van der Waals surface area contributed by atoms with Crippen LogP contribution in [0.1, 0.15) is 33.6 Å². The van der Waals surface area contributed by atoms with Crippen LogP contribution in [0.4, 0.5) is 0 Å². The number of aliphatic hydroxyl groups is 1. The van der Waals surface area contributed by atoms with Gasteiger partial charge in [-0.2, -0.15) is 0 Å². The summed E-state index contributed by atoms with van der Waals surface area (Å²) in [5.41, 5.74) is -0.665. The van der Waals surface area contributed by atoms with Gasteiger partial charge < -0.3 is 10.4 Å². The number of nitrogens with one attached hydrogen (secondary N) is 1. The fraction of sp³-hybridized carbons (Fsp3) is 0.818. The zero-order valence-electron chi connectivity index (χ0n) is 8.93. The third-order valence-corrected chi connectivity index (χ3v) is 1.87. The minimum absolute atomic E-state index is 0.614. The lowest BCUT2D eigenvalue weighted by molar-refractivity contribution is 0.0518. The molecule has 0 aliphatic rings. The molecule has 0 aliphatic carbocycles. The van der Waals surface area contributed by atoms with Crippen LogP contribution in [0.5, 0.6) is 0 Å². The number of hydrogen-bond acceptors (Lipinski definition) is 2. The normalized spacial score (nSPS) is 15.4. The van der Waals surface area contributed by atoms with Crippen molar-refractivity contribution < 1.29 is 5.11 Å². The van der Waals surface area contributed by atoms with Crippen LogP contribution in [0, 0.1) is 18.3 Å². The second-order valence-corrected chi connectivity index (χ2v) is 4.23. The van der Waals surface area contributed by atoms with Crippen LogP contribution < -0.4 is 5.32 Å². The molecule has 0 aromatic heterocycles. The standard InChI is InChI=1S/C11H21NO/c1-5-6-7-11(4,13)9-12-8-10(2)3/h1,10,12-13H,6-9H2,2-4H3. The molecule has 76 valence electrons. The molecule has 2 heteroatoms. The van der Waals surface area contributed by atoms with Gasteiger partial charge in [-0.05, 0) is 25.8 Å². The molecule has 0 aromatic carbocycles. The molecule has 0 rings (SSSR count). The molecule has 0 heterocycles. The highest BCUT2D eigenvalue weighted by atomic mass is 16.3. The molecule has 2 N–H and O–H groups in total. The molecule has 0 aromatic rings. The molecule has 0 amide bonds. The van der Waals surface area contributed by atoms with E-state index >= 15 is 0 Å². The number of rotatable bonds is 6. The molecular formula is C11H21NO. The van der Waals surface area contributed by atoms with Gasteiger partial charge in [-0.1, -0.05) is 13.8 Å². The first kappa shape index (κ1) is 12.5. The van der Waals surface area contributed by atoms with Crippen LogP contribution in [0.3, 0.4) is 0 Å². The van der Waals surface area contributed by atoms with E-state index in [4.69, 9.17) is 6.42 Å². The quantitative estimate of drug-likeness (QED) is 0.610. The van der Waals surface area contributed by atoms with Gasteiger partial charge in [0.2, 0.25) is 0 Å². The predicted octanol–water partition coefficient (Wildman–Crippen LogP) is 1.40. The van der Waals surface area contributed by atoms with E-state index in [9.17, 15) is 5.11 Å². The van der Waals surface area contributed by atoms with Crippen molar-refractivity contribution in [3.8, 4) is 12.3 Å². The fourth-order valence-electron chi connectivity index (χ4n) is 1.06. The predicted molar refractivity (Wildman–Crippen MR) is 56.4 cm³/mol. The lowest BCUT2D eigenvalue weighted by Gasteiger charge is -2.23. The van der Waals surface area contributed by atoms with E-state index in [0.29, 0.717) is 25.3 Å². The smallest absolute Gasteiger partial charge is 0.0752 e. The minimum Gasteiger partial charge on any atom is -0.389 e. The summed E-state index contributed by atoms with van der Waals surface area (Å²) in [6.07, 6.45) is 6.43. The minimum atomic E-state index is -0.665. The number of hydrogen-bond donors (Lipinski definition) is 2. The van der Waals surface area contributed by atoms with E-state index in [0.717, 1.165) is 6.54 Å². The van der Waals surface area contributed by atoms with Crippen molar-refractivity contribution in [2.75, 3.05) is 13.1 Å². The highest BCUT2D eigenvalue weighted by Crippen LogP contribution is 2.09. The van der Waals surface area contributed by atoms with E-state index in [1.54, 1.807) is 0 Å². The van der Waals surface area contributed by atoms with Gasteiger partial charge in [0, 0.05) is 13.0 Å². The summed E-state index contributed by atoms with van der Waals surface area (Å²) in [6.45, 7) is 7.66. The zero-order valence-corrected chi connectivity index (χ0v) is 8.93. The maximum atomic E-state index is 9.80. The fourth-order valence-corrected chi connectivity index (χ4v) is 1.06. The van der Waals surface area contributed by atoms with Gasteiger partial charge in [0.05, 0.1) is 5.60 Å². The Labute approximate surface area is 81.7 Å². The first-order valence-corrected chi connectivity index (χ1v) is 4.84. The monoisotopic (exact) mass is 183 g/mol. The van der Waals surface area contributed by atoms with E-state index in [1.165, 1.54) is 0 Å². The molecule has 0 bridgehead atoms. The van der Waals surface area contributed by atoms with Crippen molar-refractivity contribution in [1.82, 2.24) is 5.32 Å². The summed E-state index contributed by atoms with van der Waals surface area (Å²) < 4.78 is 0. The average Bonchev–Trinajstić information content (AvgIpc) is 2.00. The lowest BCUT2D eigenvalue weighted by Crippen LogP contribution is -2.39. The van der Waals surface area contributed by atoms with Gasteiger partial charge >= 0.3 is 0 Å². The van der Waals surface area contributed by atoms with Gasteiger partial charge in [-0.3, -0.25) is 0 Å². The molecule has 13 heavy (non-hydrogen) atoms. The third-order valence-electron chi connectivity index (χ3n) is 1.87. The van der Waals surface area contributed by atoms with Gasteiger partial charge in [0.25, 0.3) is 0 Å². The Morgan fingerprint density at radius 1 is 1.54 bits per heavy atom. The molecule has 0 spiro atoms. The summed E-state index contributed by atoms with van der Waals surface area (Å²) >= 11 is 0. The maximum Gasteiger partial charge on any atom is 0.0752 e. The Hall–Kier alpha value is -0.520. The van der Waals surface area contributed by atoms with Crippen LogP contribution in [-0.4, -0.2) is 23.8 Å². The Morgan fingerprint density at radius 3 is 2.62 bits per heavy atom. The Kier molecular flexibility index (Phi) is 5.77. The summed E-state index contributed by atoms with van der Waals surface area (Å²) in [7, 11) is 0. The van der Waals surface area contributed by atoms with Crippen LogP contribution in [-0.2, 0) is 0 Å². The average molecular weight is 183 g/mol. The van der Waals surface area contributed by atoms with Gasteiger partial charge in [-0.15, -0.1) is 12.3 Å².